The average molecular weight is 541 g/mol. The second kappa shape index (κ2) is 10.1. The summed E-state index contributed by atoms with van der Waals surface area (Å²) in [4.78, 5) is 60.3. The number of hydrogen-bond donors (Lipinski definition) is 2. The number of ether oxygens (including phenoxy) is 1. The van der Waals surface area contributed by atoms with Crippen LogP contribution < -0.4 is 5.32 Å². The molecule has 174 valence electrons. The molecule has 2 heterocycles. The zero-order chi connectivity index (χ0) is 24.3. The Bertz CT molecular complexity index is 1070. The quantitative estimate of drug-likeness (QED) is 0.0716. The van der Waals surface area contributed by atoms with E-state index >= 15 is 0 Å². The minimum Gasteiger partial charge on any atom is -0.457 e. The van der Waals surface area contributed by atoms with E-state index in [1.54, 1.807) is 6.92 Å². The summed E-state index contributed by atoms with van der Waals surface area (Å²) < 4.78 is 5.27. The van der Waals surface area contributed by atoms with E-state index in [4.69, 9.17) is 9.94 Å². The molecule has 1 aromatic carbocycles. The predicted octanol–water partition coefficient (Wildman–Crippen LogP) is 1.10. The number of esters is 1. The third kappa shape index (κ3) is 5.06. The first kappa shape index (κ1) is 24.4. The van der Waals surface area contributed by atoms with Gasteiger partial charge in [-0.25, -0.2) is 4.79 Å². The molecule has 0 radical (unpaired) electrons. The molecule has 14 heteroatoms. The Hall–Kier alpha value is -3.26. The normalized spacial score (nSPS) is 21.9. The molecule has 2 aliphatic heterocycles. The van der Waals surface area contributed by atoms with Crippen molar-refractivity contribution in [2.45, 2.75) is 30.2 Å². The van der Waals surface area contributed by atoms with Gasteiger partial charge in [-0.1, -0.05) is 21.1 Å². The van der Waals surface area contributed by atoms with Crippen LogP contribution in [0.5, 0.6) is 0 Å². The van der Waals surface area contributed by atoms with Gasteiger partial charge >= 0.3 is 5.97 Å². The number of nitrogens with one attached hydrogen (secondary N) is 1. The maximum Gasteiger partial charge on any atom is 0.336 e. The van der Waals surface area contributed by atoms with Crippen LogP contribution in [-0.2, 0) is 30.5 Å². The fourth-order valence-corrected chi connectivity index (χ4v) is 4.73. The van der Waals surface area contributed by atoms with Crippen molar-refractivity contribution in [1.82, 2.24) is 10.2 Å². The zero-order valence-corrected chi connectivity index (χ0v) is 19.4. The standard InChI is InChI=1S/C19H17BrN4O8S/c1-9-12(19(28)32-8-10-2-4-11(5-3-10)24(30)31)7-23-17(27)15(18(23)33-9)21-16(26)14(22-29)13(25)6-20/h2-5,7,9,15,18,29H,6,8H2,1H3,(H,21,26)/t9?,15?,18-/m1/s1. The van der Waals surface area contributed by atoms with Gasteiger partial charge in [0, 0.05) is 23.6 Å². The molecular weight excluding hydrogens is 524 g/mol. The van der Waals surface area contributed by atoms with Crippen molar-refractivity contribution in [3.63, 3.8) is 0 Å². The molecule has 2 N–H and O–H groups in total. The largest absolute Gasteiger partial charge is 0.457 e. The monoisotopic (exact) mass is 540 g/mol. The van der Waals surface area contributed by atoms with Crippen LogP contribution in [-0.4, -0.2) is 66.3 Å². The van der Waals surface area contributed by atoms with Crippen LogP contribution in [0.4, 0.5) is 5.69 Å². The number of alkyl halides is 1. The minimum absolute atomic E-state index is 0.0805. The van der Waals surface area contributed by atoms with Gasteiger partial charge in [-0.2, -0.15) is 0 Å². The van der Waals surface area contributed by atoms with Crippen molar-refractivity contribution < 1.29 is 34.0 Å². The van der Waals surface area contributed by atoms with Gasteiger partial charge in [-0.15, -0.1) is 11.8 Å². The Morgan fingerprint density at radius 3 is 2.58 bits per heavy atom. The Kier molecular flexibility index (Phi) is 7.48. The number of nitrogens with zero attached hydrogens (tertiary/aromatic N) is 3. The lowest BCUT2D eigenvalue weighted by atomic mass is 10.1. The zero-order valence-electron chi connectivity index (χ0n) is 17.0. The number of carbonyl (C=O) groups is 4. The van der Waals surface area contributed by atoms with Crippen molar-refractivity contribution in [3.05, 3.63) is 51.7 Å². The maximum absolute atomic E-state index is 12.5. The fourth-order valence-electron chi connectivity index (χ4n) is 3.10. The van der Waals surface area contributed by atoms with Crippen LogP contribution >= 0.6 is 27.7 Å². The maximum atomic E-state index is 12.5. The summed E-state index contributed by atoms with van der Waals surface area (Å²) >= 11 is 4.11. The molecule has 2 unspecified atom stereocenters. The van der Waals surface area contributed by atoms with Gasteiger partial charge in [0.2, 0.25) is 11.5 Å². The molecule has 0 spiro atoms. The third-order valence-corrected chi connectivity index (χ3v) is 6.83. The first-order valence-corrected chi connectivity index (χ1v) is 11.5. The molecule has 12 nitrogen and oxygen atoms in total. The van der Waals surface area contributed by atoms with Crippen LogP contribution in [0.1, 0.15) is 12.5 Å². The number of rotatable bonds is 8. The van der Waals surface area contributed by atoms with Crippen molar-refractivity contribution in [2.75, 3.05) is 5.33 Å². The van der Waals surface area contributed by atoms with Crippen molar-refractivity contribution in [3.8, 4) is 0 Å². The Balaban J connectivity index is 1.62. The van der Waals surface area contributed by atoms with E-state index in [1.807, 2.05) is 0 Å². The molecule has 0 saturated carbocycles. The van der Waals surface area contributed by atoms with Crippen LogP contribution in [0.25, 0.3) is 0 Å². The summed E-state index contributed by atoms with van der Waals surface area (Å²) in [5.41, 5.74) is -0.00450. The molecule has 2 aliphatic rings. The number of benzene rings is 1. The number of Topliss-reactive ketones (excluding diaryl/α,β-unsaturated/α-hetero) is 1. The number of oxime groups is 1. The Labute approximate surface area is 199 Å². The van der Waals surface area contributed by atoms with E-state index in [2.05, 4.69) is 26.4 Å². The number of nitro groups is 1. The molecule has 0 bridgehead atoms. The highest BCUT2D eigenvalue weighted by Gasteiger charge is 2.52. The van der Waals surface area contributed by atoms with Gasteiger partial charge in [0.15, 0.2) is 0 Å². The van der Waals surface area contributed by atoms with Crippen LogP contribution in [0.2, 0.25) is 0 Å². The SMILES string of the molecule is CC1S[C@@H]2C(NC(=O)C(=NO)C(=O)CBr)C(=O)N2C=C1C(=O)OCc1ccc([N+](=O)[O-])cc1. The molecule has 1 aromatic rings. The number of halogens is 1. The lowest BCUT2D eigenvalue weighted by Gasteiger charge is -2.48. The summed E-state index contributed by atoms with van der Waals surface area (Å²) in [5.74, 6) is -2.88. The fraction of sp³-hybridized carbons (Fsp3) is 0.316. The molecule has 3 rings (SSSR count). The molecule has 1 saturated heterocycles. The molecule has 0 aromatic heterocycles. The Morgan fingerprint density at radius 1 is 1.33 bits per heavy atom. The number of amides is 2. The number of β-lactam (4-membered cyclic amide) rings is 1. The summed E-state index contributed by atoms with van der Waals surface area (Å²) in [6.07, 6.45) is 1.36. The number of thioether (sulfide) groups is 1. The van der Waals surface area contributed by atoms with Gasteiger partial charge < -0.3 is 20.2 Å². The van der Waals surface area contributed by atoms with E-state index in [9.17, 15) is 29.3 Å². The van der Waals surface area contributed by atoms with Crippen LogP contribution in [0.15, 0.2) is 41.2 Å². The second-order valence-electron chi connectivity index (χ2n) is 6.96. The first-order valence-electron chi connectivity index (χ1n) is 9.39. The van der Waals surface area contributed by atoms with E-state index in [1.165, 1.54) is 47.1 Å². The van der Waals surface area contributed by atoms with Gasteiger partial charge in [-0.3, -0.25) is 24.5 Å². The number of hydrogen-bond acceptors (Lipinski definition) is 10. The molecule has 0 aliphatic carbocycles. The molecule has 3 atom stereocenters. The number of fused-ring (bicyclic) bond motifs is 1. The van der Waals surface area contributed by atoms with Crippen molar-refractivity contribution in [2.24, 2.45) is 5.16 Å². The topological polar surface area (TPSA) is 169 Å². The molecule has 33 heavy (non-hydrogen) atoms. The van der Waals surface area contributed by atoms with Gasteiger partial charge in [0.25, 0.3) is 17.5 Å². The Morgan fingerprint density at radius 2 is 2.00 bits per heavy atom. The second-order valence-corrected chi connectivity index (χ2v) is 8.98. The highest BCUT2D eigenvalue weighted by molar-refractivity contribution is 9.09. The number of nitro benzene ring substituents is 1. The average Bonchev–Trinajstić information content (AvgIpc) is 2.81. The van der Waals surface area contributed by atoms with Gasteiger partial charge in [0.05, 0.1) is 15.8 Å². The van der Waals surface area contributed by atoms with Gasteiger partial charge in [-0.05, 0) is 24.6 Å². The van der Waals surface area contributed by atoms with E-state index in [-0.39, 0.29) is 28.4 Å². The van der Waals surface area contributed by atoms with Crippen LogP contribution in [0.3, 0.4) is 0 Å². The molecule has 2 amide bonds. The summed E-state index contributed by atoms with van der Waals surface area (Å²) in [5, 5.41) is 23.6. The van der Waals surface area contributed by atoms with E-state index in [0.29, 0.717) is 5.56 Å². The summed E-state index contributed by atoms with van der Waals surface area (Å²) in [6, 6.07) is 4.60. The molecule has 1 fully saturated rings. The van der Waals surface area contributed by atoms with Crippen LogP contribution in [0, 0.1) is 10.1 Å². The number of non-ortho nitro benzene ring substituents is 1. The minimum atomic E-state index is -0.981. The third-order valence-electron chi connectivity index (χ3n) is 4.88. The summed E-state index contributed by atoms with van der Waals surface area (Å²) in [7, 11) is 0. The smallest absolute Gasteiger partial charge is 0.336 e. The summed E-state index contributed by atoms with van der Waals surface area (Å²) in [6.45, 7) is 1.63. The number of ketones is 1. The van der Waals surface area contributed by atoms with Gasteiger partial charge in [0.1, 0.15) is 18.0 Å². The van der Waals surface area contributed by atoms with E-state index < -0.39 is 45.6 Å². The lowest BCUT2D eigenvalue weighted by molar-refractivity contribution is -0.384. The van der Waals surface area contributed by atoms with E-state index in [0.717, 1.165) is 0 Å². The molecular formula is C19H17BrN4O8S. The number of carbonyl (C=O) groups excluding carboxylic acids is 4. The van der Waals surface area contributed by atoms with Crippen molar-refractivity contribution in [1.29, 1.82) is 0 Å². The first-order chi connectivity index (χ1) is 15.7. The highest BCUT2D eigenvalue weighted by Crippen LogP contribution is 2.40. The highest BCUT2D eigenvalue weighted by atomic mass is 79.9. The van der Waals surface area contributed by atoms with Crippen molar-refractivity contribution >= 4 is 62.7 Å². The predicted molar refractivity (Wildman–Crippen MR) is 119 cm³/mol. The lowest BCUT2D eigenvalue weighted by Crippen LogP contribution is -2.69.